The van der Waals surface area contributed by atoms with Gasteiger partial charge in [-0.25, -0.2) is 0 Å². The lowest BCUT2D eigenvalue weighted by molar-refractivity contribution is 0.873. The molecular weight excluding hydrogens is 354 g/mol. The van der Waals surface area contributed by atoms with Crippen LogP contribution in [0.4, 0.5) is 5.69 Å². The summed E-state index contributed by atoms with van der Waals surface area (Å²) in [4.78, 5) is 0. The molecule has 0 radical (unpaired) electrons. The largest absolute Gasteiger partial charge is 0.378 e. The first-order valence-electron chi connectivity index (χ1n) is 5.85. The van der Waals surface area contributed by atoms with E-state index in [9.17, 15) is 0 Å². The average molecular weight is 369 g/mol. The summed E-state index contributed by atoms with van der Waals surface area (Å²) in [5.41, 5.74) is 3.74. The third-order valence-corrected chi connectivity index (χ3v) is 4.11. The van der Waals surface area contributed by atoms with Gasteiger partial charge in [0.1, 0.15) is 0 Å². The molecule has 94 valence electrons. The zero-order chi connectivity index (χ0) is 13.1. The lowest BCUT2D eigenvalue weighted by atomic mass is 10.0. The summed E-state index contributed by atoms with van der Waals surface area (Å²) >= 11 is 7.04. The highest BCUT2D eigenvalue weighted by Gasteiger charge is 2.09. The molecule has 0 spiro atoms. The Balaban J connectivity index is 2.21. The minimum atomic E-state index is 0.281. The van der Waals surface area contributed by atoms with E-state index in [1.807, 2.05) is 12.1 Å². The molecule has 0 saturated carbocycles. The van der Waals surface area contributed by atoms with Crippen LogP contribution in [0.15, 0.2) is 51.4 Å². The van der Waals surface area contributed by atoms with Gasteiger partial charge in [-0.05, 0) is 59.1 Å². The molecule has 2 rings (SSSR count). The number of halogens is 2. The number of aryl methyl sites for hydroxylation is 1. The van der Waals surface area contributed by atoms with E-state index >= 15 is 0 Å². The second-order valence-corrected chi connectivity index (χ2v) is 6.12. The molecule has 0 heterocycles. The van der Waals surface area contributed by atoms with Gasteiger partial charge in [0.2, 0.25) is 0 Å². The Morgan fingerprint density at radius 2 is 1.78 bits per heavy atom. The molecule has 0 amide bonds. The number of benzene rings is 2. The predicted octanol–water partition coefficient (Wildman–Crippen LogP) is 5.69. The van der Waals surface area contributed by atoms with Crippen molar-refractivity contribution in [1.82, 2.24) is 0 Å². The van der Waals surface area contributed by atoms with Crippen LogP contribution in [0.25, 0.3) is 0 Å². The lowest BCUT2D eigenvalue weighted by Gasteiger charge is -2.18. The first kappa shape index (κ1) is 13.6. The van der Waals surface area contributed by atoms with Crippen molar-refractivity contribution in [2.24, 2.45) is 0 Å². The second-order valence-electron chi connectivity index (χ2n) is 4.35. The molecule has 0 aromatic heterocycles. The summed E-state index contributed by atoms with van der Waals surface area (Å²) in [5, 5.41) is 3.53. The highest BCUT2D eigenvalue weighted by Crippen LogP contribution is 2.29. The molecule has 0 aliphatic carbocycles. The van der Waals surface area contributed by atoms with E-state index in [-0.39, 0.29) is 6.04 Å². The van der Waals surface area contributed by atoms with Crippen molar-refractivity contribution in [3.63, 3.8) is 0 Å². The van der Waals surface area contributed by atoms with E-state index in [2.05, 4.69) is 81.4 Å². The van der Waals surface area contributed by atoms with Crippen molar-refractivity contribution < 1.29 is 0 Å². The Kier molecular flexibility index (Phi) is 4.46. The van der Waals surface area contributed by atoms with Crippen molar-refractivity contribution in [2.75, 3.05) is 5.32 Å². The van der Waals surface area contributed by atoms with E-state index < -0.39 is 0 Å². The molecule has 1 N–H and O–H groups in total. The molecule has 2 aromatic rings. The molecule has 0 bridgehead atoms. The summed E-state index contributed by atoms with van der Waals surface area (Å²) in [6, 6.07) is 14.9. The summed E-state index contributed by atoms with van der Waals surface area (Å²) in [7, 11) is 0. The van der Waals surface area contributed by atoms with E-state index in [1.165, 1.54) is 11.1 Å². The van der Waals surface area contributed by atoms with Crippen molar-refractivity contribution in [3.8, 4) is 0 Å². The molecule has 0 aliphatic rings. The SMILES string of the molecule is Cc1ccccc1C(C)Nc1ccc(Br)cc1Br. The first-order valence-corrected chi connectivity index (χ1v) is 7.43. The highest BCUT2D eigenvalue weighted by molar-refractivity contribution is 9.11. The third-order valence-electron chi connectivity index (χ3n) is 2.96. The van der Waals surface area contributed by atoms with Gasteiger partial charge in [-0.3, -0.25) is 0 Å². The van der Waals surface area contributed by atoms with E-state index in [1.54, 1.807) is 0 Å². The van der Waals surface area contributed by atoms with Crippen LogP contribution in [-0.4, -0.2) is 0 Å². The van der Waals surface area contributed by atoms with Gasteiger partial charge < -0.3 is 5.32 Å². The molecule has 0 fully saturated rings. The van der Waals surface area contributed by atoms with Crippen molar-refractivity contribution in [2.45, 2.75) is 19.9 Å². The number of rotatable bonds is 3. The second kappa shape index (κ2) is 5.89. The van der Waals surface area contributed by atoms with E-state index in [0.29, 0.717) is 0 Å². The Labute approximate surface area is 125 Å². The number of nitrogens with one attached hydrogen (secondary N) is 1. The van der Waals surface area contributed by atoms with Gasteiger partial charge in [-0.2, -0.15) is 0 Å². The van der Waals surface area contributed by atoms with Crippen molar-refractivity contribution in [1.29, 1.82) is 0 Å². The standard InChI is InChI=1S/C15H15Br2N/c1-10-5-3-4-6-13(10)11(2)18-15-8-7-12(16)9-14(15)17/h3-9,11,18H,1-2H3. The molecule has 0 saturated heterocycles. The van der Waals surface area contributed by atoms with Crippen molar-refractivity contribution in [3.05, 3.63) is 62.5 Å². The van der Waals surface area contributed by atoms with Crippen LogP contribution in [-0.2, 0) is 0 Å². The normalized spacial score (nSPS) is 12.2. The fourth-order valence-corrected chi connectivity index (χ4v) is 3.15. The smallest absolute Gasteiger partial charge is 0.0490 e. The first-order chi connectivity index (χ1) is 8.58. The zero-order valence-corrected chi connectivity index (χ0v) is 13.5. The third kappa shape index (κ3) is 3.15. The Morgan fingerprint density at radius 1 is 1.06 bits per heavy atom. The molecule has 3 heteroatoms. The topological polar surface area (TPSA) is 12.0 Å². The summed E-state index contributed by atoms with van der Waals surface area (Å²) < 4.78 is 2.14. The Hall–Kier alpha value is -0.800. The van der Waals surface area contributed by atoms with Gasteiger partial charge >= 0.3 is 0 Å². The van der Waals surface area contributed by atoms with Gasteiger partial charge in [0.15, 0.2) is 0 Å². The molecule has 1 unspecified atom stereocenters. The fourth-order valence-electron chi connectivity index (χ4n) is 1.99. The molecule has 0 aliphatic heterocycles. The van der Waals surface area contributed by atoms with E-state index in [4.69, 9.17) is 0 Å². The monoisotopic (exact) mass is 367 g/mol. The minimum Gasteiger partial charge on any atom is -0.378 e. The van der Waals surface area contributed by atoms with Crippen molar-refractivity contribution >= 4 is 37.5 Å². The number of hydrogen-bond acceptors (Lipinski definition) is 1. The van der Waals surface area contributed by atoms with Crippen LogP contribution >= 0.6 is 31.9 Å². The highest BCUT2D eigenvalue weighted by atomic mass is 79.9. The Bertz CT molecular complexity index is 552. The molecule has 1 atom stereocenters. The van der Waals surface area contributed by atoms with Crippen LogP contribution in [0.3, 0.4) is 0 Å². The van der Waals surface area contributed by atoms with Gasteiger partial charge in [-0.15, -0.1) is 0 Å². The van der Waals surface area contributed by atoms with Gasteiger partial charge in [0.05, 0.1) is 0 Å². The van der Waals surface area contributed by atoms with Gasteiger partial charge in [0.25, 0.3) is 0 Å². The number of anilines is 1. The van der Waals surface area contributed by atoms with Crippen LogP contribution in [0.2, 0.25) is 0 Å². The quantitative estimate of drug-likeness (QED) is 0.733. The van der Waals surface area contributed by atoms with Gasteiger partial charge in [-0.1, -0.05) is 40.2 Å². The van der Waals surface area contributed by atoms with Crippen LogP contribution in [0, 0.1) is 6.92 Å². The molecule has 1 nitrogen and oxygen atoms in total. The zero-order valence-electron chi connectivity index (χ0n) is 10.4. The molecule has 2 aromatic carbocycles. The summed E-state index contributed by atoms with van der Waals surface area (Å²) in [6.45, 7) is 4.32. The molecule has 18 heavy (non-hydrogen) atoms. The fraction of sp³-hybridized carbons (Fsp3) is 0.200. The average Bonchev–Trinajstić information content (AvgIpc) is 2.33. The van der Waals surface area contributed by atoms with Crippen LogP contribution in [0.5, 0.6) is 0 Å². The maximum Gasteiger partial charge on any atom is 0.0490 e. The van der Waals surface area contributed by atoms with Crippen LogP contribution < -0.4 is 5.32 Å². The maximum atomic E-state index is 3.57. The summed E-state index contributed by atoms with van der Waals surface area (Å²) in [6.07, 6.45) is 0. The minimum absolute atomic E-state index is 0.281. The number of hydrogen-bond donors (Lipinski definition) is 1. The van der Waals surface area contributed by atoms with E-state index in [0.717, 1.165) is 14.6 Å². The maximum absolute atomic E-state index is 3.57. The predicted molar refractivity (Wildman–Crippen MR) is 85.1 cm³/mol. The summed E-state index contributed by atoms with van der Waals surface area (Å²) in [5.74, 6) is 0. The Morgan fingerprint density at radius 3 is 2.44 bits per heavy atom. The van der Waals surface area contributed by atoms with Gasteiger partial charge in [0, 0.05) is 20.7 Å². The molecular formula is C15H15Br2N. The lowest BCUT2D eigenvalue weighted by Crippen LogP contribution is -2.08. The van der Waals surface area contributed by atoms with Crippen LogP contribution in [0.1, 0.15) is 24.1 Å².